The SMILES string of the molecule is NCC(O)C1(F)CCC1. The molecule has 0 aliphatic heterocycles. The van der Waals surface area contributed by atoms with Crippen LogP contribution in [0.3, 0.4) is 0 Å². The van der Waals surface area contributed by atoms with E-state index in [0.717, 1.165) is 6.42 Å². The first kappa shape index (κ1) is 6.96. The Hall–Kier alpha value is -0.150. The van der Waals surface area contributed by atoms with Gasteiger partial charge in [-0.05, 0) is 19.3 Å². The smallest absolute Gasteiger partial charge is 0.138 e. The van der Waals surface area contributed by atoms with Gasteiger partial charge in [-0.15, -0.1) is 0 Å². The van der Waals surface area contributed by atoms with Gasteiger partial charge in [-0.3, -0.25) is 0 Å². The zero-order valence-corrected chi connectivity index (χ0v) is 5.31. The molecule has 0 aromatic rings. The number of aliphatic hydroxyl groups excluding tert-OH is 1. The van der Waals surface area contributed by atoms with Crippen molar-refractivity contribution in [1.82, 2.24) is 0 Å². The number of hydrogen-bond acceptors (Lipinski definition) is 2. The van der Waals surface area contributed by atoms with Gasteiger partial charge < -0.3 is 10.8 Å². The Morgan fingerprint density at radius 3 is 2.33 bits per heavy atom. The van der Waals surface area contributed by atoms with Crippen molar-refractivity contribution in [3.05, 3.63) is 0 Å². The lowest BCUT2D eigenvalue weighted by Gasteiger charge is -2.37. The highest BCUT2D eigenvalue weighted by atomic mass is 19.1. The molecule has 1 saturated carbocycles. The third kappa shape index (κ3) is 1.07. The van der Waals surface area contributed by atoms with Crippen LogP contribution in [0.25, 0.3) is 0 Å². The number of nitrogens with two attached hydrogens (primary N) is 1. The Bertz CT molecular complexity index is 103. The molecule has 2 nitrogen and oxygen atoms in total. The van der Waals surface area contributed by atoms with Crippen LogP contribution in [-0.4, -0.2) is 23.4 Å². The van der Waals surface area contributed by atoms with Crippen molar-refractivity contribution in [2.45, 2.75) is 31.0 Å². The predicted molar refractivity (Wildman–Crippen MR) is 32.8 cm³/mol. The third-order valence-electron chi connectivity index (χ3n) is 2.01. The minimum Gasteiger partial charge on any atom is -0.388 e. The van der Waals surface area contributed by atoms with Crippen molar-refractivity contribution in [1.29, 1.82) is 0 Å². The summed E-state index contributed by atoms with van der Waals surface area (Å²) in [6, 6.07) is 0. The van der Waals surface area contributed by atoms with Crippen molar-refractivity contribution in [3.8, 4) is 0 Å². The fourth-order valence-electron chi connectivity index (χ4n) is 1.06. The molecule has 1 atom stereocenters. The highest BCUT2D eigenvalue weighted by Crippen LogP contribution is 2.38. The molecule has 0 saturated heterocycles. The van der Waals surface area contributed by atoms with Crippen LogP contribution >= 0.6 is 0 Å². The summed E-state index contributed by atoms with van der Waals surface area (Å²) in [6.07, 6.45) is 0.899. The number of rotatable bonds is 2. The van der Waals surface area contributed by atoms with Gasteiger partial charge in [0.05, 0.1) is 0 Å². The topological polar surface area (TPSA) is 46.2 Å². The van der Waals surface area contributed by atoms with Gasteiger partial charge in [0.15, 0.2) is 0 Å². The number of alkyl halides is 1. The van der Waals surface area contributed by atoms with Gasteiger partial charge >= 0.3 is 0 Å². The molecule has 1 unspecified atom stereocenters. The summed E-state index contributed by atoms with van der Waals surface area (Å²) >= 11 is 0. The van der Waals surface area contributed by atoms with E-state index < -0.39 is 11.8 Å². The van der Waals surface area contributed by atoms with Gasteiger partial charge in [-0.2, -0.15) is 0 Å². The van der Waals surface area contributed by atoms with Gasteiger partial charge in [0, 0.05) is 6.54 Å². The van der Waals surface area contributed by atoms with E-state index >= 15 is 0 Å². The first-order valence-corrected chi connectivity index (χ1v) is 3.26. The second-order valence-corrected chi connectivity index (χ2v) is 2.64. The molecule has 54 valence electrons. The Labute approximate surface area is 53.9 Å². The van der Waals surface area contributed by atoms with E-state index in [4.69, 9.17) is 10.8 Å². The molecule has 0 aromatic heterocycles. The Morgan fingerprint density at radius 1 is 1.67 bits per heavy atom. The molecule has 0 heterocycles. The molecule has 0 spiro atoms. The highest BCUT2D eigenvalue weighted by molar-refractivity contribution is 4.94. The quantitative estimate of drug-likeness (QED) is 0.565. The van der Waals surface area contributed by atoms with Crippen molar-refractivity contribution >= 4 is 0 Å². The van der Waals surface area contributed by atoms with Crippen LogP contribution in [0.15, 0.2) is 0 Å². The monoisotopic (exact) mass is 133 g/mol. The summed E-state index contributed by atoms with van der Waals surface area (Å²) in [5, 5.41) is 8.94. The zero-order valence-electron chi connectivity index (χ0n) is 5.31. The lowest BCUT2D eigenvalue weighted by Crippen LogP contribution is -2.47. The van der Waals surface area contributed by atoms with Crippen molar-refractivity contribution in [2.75, 3.05) is 6.54 Å². The normalized spacial score (nSPS) is 27.0. The molecule has 9 heavy (non-hydrogen) atoms. The molecular weight excluding hydrogens is 121 g/mol. The molecule has 0 radical (unpaired) electrons. The predicted octanol–water partition coefficient (Wildman–Crippen LogP) is 0.198. The summed E-state index contributed by atoms with van der Waals surface area (Å²) in [4.78, 5) is 0. The van der Waals surface area contributed by atoms with E-state index in [2.05, 4.69) is 0 Å². The Kier molecular flexibility index (Phi) is 1.73. The van der Waals surface area contributed by atoms with Crippen LogP contribution in [0.4, 0.5) is 4.39 Å². The summed E-state index contributed by atoms with van der Waals surface area (Å²) in [6.45, 7) is 0.0382. The highest BCUT2D eigenvalue weighted by Gasteiger charge is 2.42. The summed E-state index contributed by atoms with van der Waals surface area (Å²) in [5.74, 6) is 0. The standard InChI is InChI=1S/C6H12FNO/c7-6(2-1-3-6)5(9)4-8/h5,9H,1-4,8H2. The fourth-order valence-corrected chi connectivity index (χ4v) is 1.06. The van der Waals surface area contributed by atoms with Crippen molar-refractivity contribution in [2.24, 2.45) is 5.73 Å². The van der Waals surface area contributed by atoms with Crippen LogP contribution < -0.4 is 5.73 Å². The van der Waals surface area contributed by atoms with E-state index in [1.54, 1.807) is 0 Å². The maximum absolute atomic E-state index is 13.0. The molecule has 1 aliphatic rings. The molecular formula is C6H12FNO. The second-order valence-electron chi connectivity index (χ2n) is 2.64. The fraction of sp³-hybridized carbons (Fsp3) is 1.00. The Balaban J connectivity index is 2.38. The minimum absolute atomic E-state index is 0.0382. The van der Waals surface area contributed by atoms with Crippen LogP contribution in [0, 0.1) is 0 Å². The largest absolute Gasteiger partial charge is 0.388 e. The minimum atomic E-state index is -1.34. The maximum atomic E-state index is 13.0. The van der Waals surface area contributed by atoms with E-state index in [-0.39, 0.29) is 6.54 Å². The number of halogens is 1. The average Bonchev–Trinajstić information content (AvgIpc) is 1.81. The summed E-state index contributed by atoms with van der Waals surface area (Å²) < 4.78 is 13.0. The van der Waals surface area contributed by atoms with Gasteiger partial charge in [-0.25, -0.2) is 4.39 Å². The molecule has 0 bridgehead atoms. The first-order chi connectivity index (χ1) is 4.19. The molecule has 3 heteroatoms. The van der Waals surface area contributed by atoms with E-state index in [1.165, 1.54) is 0 Å². The molecule has 1 fully saturated rings. The molecule has 1 rings (SSSR count). The third-order valence-corrected chi connectivity index (χ3v) is 2.01. The Morgan fingerprint density at radius 2 is 2.22 bits per heavy atom. The van der Waals surface area contributed by atoms with Crippen LogP contribution in [-0.2, 0) is 0 Å². The lowest BCUT2D eigenvalue weighted by molar-refractivity contribution is -0.0574. The van der Waals surface area contributed by atoms with E-state index in [1.807, 2.05) is 0 Å². The molecule has 0 amide bonds. The molecule has 1 aliphatic carbocycles. The molecule has 3 N–H and O–H groups in total. The van der Waals surface area contributed by atoms with Crippen LogP contribution in [0.2, 0.25) is 0 Å². The van der Waals surface area contributed by atoms with Gasteiger partial charge in [0.2, 0.25) is 0 Å². The van der Waals surface area contributed by atoms with E-state index in [0.29, 0.717) is 12.8 Å². The van der Waals surface area contributed by atoms with Gasteiger partial charge in [0.25, 0.3) is 0 Å². The van der Waals surface area contributed by atoms with E-state index in [9.17, 15) is 4.39 Å². The zero-order chi connectivity index (χ0) is 6.91. The van der Waals surface area contributed by atoms with Crippen molar-refractivity contribution in [3.63, 3.8) is 0 Å². The average molecular weight is 133 g/mol. The number of aliphatic hydroxyl groups is 1. The van der Waals surface area contributed by atoms with Crippen molar-refractivity contribution < 1.29 is 9.50 Å². The van der Waals surface area contributed by atoms with Gasteiger partial charge in [0.1, 0.15) is 11.8 Å². The first-order valence-electron chi connectivity index (χ1n) is 3.26. The summed E-state index contributed by atoms with van der Waals surface area (Å²) in [5.41, 5.74) is 3.74. The van der Waals surface area contributed by atoms with Crippen LogP contribution in [0.1, 0.15) is 19.3 Å². The van der Waals surface area contributed by atoms with Crippen LogP contribution in [0.5, 0.6) is 0 Å². The second kappa shape index (κ2) is 2.23. The summed E-state index contributed by atoms with van der Waals surface area (Å²) in [7, 11) is 0. The number of hydrogen-bond donors (Lipinski definition) is 2. The maximum Gasteiger partial charge on any atom is 0.138 e. The van der Waals surface area contributed by atoms with Gasteiger partial charge in [-0.1, -0.05) is 0 Å². The lowest BCUT2D eigenvalue weighted by atomic mass is 9.78. The molecule has 0 aromatic carbocycles.